The Labute approximate surface area is 209 Å². The quantitative estimate of drug-likeness (QED) is 0.256. The van der Waals surface area contributed by atoms with Crippen LogP contribution in [0, 0.1) is 17.2 Å². The molecule has 0 unspecified atom stereocenters. The lowest BCUT2D eigenvalue weighted by Crippen LogP contribution is -2.56. The highest BCUT2D eigenvalue weighted by molar-refractivity contribution is 5.92. The molecule has 1 aliphatic carbocycles. The summed E-state index contributed by atoms with van der Waals surface area (Å²) in [5.74, 6) is 0.251. The van der Waals surface area contributed by atoms with E-state index in [2.05, 4.69) is 10.6 Å². The minimum Gasteiger partial charge on any atom is -0.447 e. The van der Waals surface area contributed by atoms with Gasteiger partial charge in [0.25, 0.3) is 0 Å². The summed E-state index contributed by atoms with van der Waals surface area (Å²) in [4.78, 5) is 40.3. The molecule has 1 saturated heterocycles. The molecular weight excluding hydrogens is 450 g/mol. The predicted octanol–water partition coefficient (Wildman–Crippen LogP) is 2.54. The number of ether oxygens (including phenoxy) is 2. The average Bonchev–Trinajstić information content (AvgIpc) is 3.29. The van der Waals surface area contributed by atoms with Gasteiger partial charge in [0.05, 0.1) is 24.1 Å². The van der Waals surface area contributed by atoms with Gasteiger partial charge in [-0.15, -0.1) is 0 Å². The number of nitrogens with zero attached hydrogens (tertiary/aromatic N) is 1. The summed E-state index contributed by atoms with van der Waals surface area (Å²) in [5, 5.41) is 13.3. The minimum absolute atomic E-state index is 0.00288. The summed E-state index contributed by atoms with van der Waals surface area (Å²) < 4.78 is 11.1. The summed E-state index contributed by atoms with van der Waals surface area (Å²) in [7, 11) is 0. The Morgan fingerprint density at radius 3 is 2.37 bits per heavy atom. The average molecular weight is 496 g/mol. The number of amides is 3. The number of likely N-dealkylation sites (tertiary alicyclic amines) is 1. The van der Waals surface area contributed by atoms with E-state index in [-0.39, 0.29) is 36.3 Å². The molecule has 0 spiro atoms. The second kappa shape index (κ2) is 13.1. The van der Waals surface area contributed by atoms with Crippen LogP contribution in [0.4, 0.5) is 4.79 Å². The van der Waals surface area contributed by atoms with E-state index in [1.54, 1.807) is 18.7 Å². The van der Waals surface area contributed by atoms with Crippen LogP contribution in [-0.2, 0) is 19.1 Å². The van der Waals surface area contributed by atoms with Gasteiger partial charge in [0.1, 0.15) is 12.1 Å². The smallest absolute Gasteiger partial charge is 0.408 e. The van der Waals surface area contributed by atoms with Gasteiger partial charge < -0.3 is 30.7 Å². The summed E-state index contributed by atoms with van der Waals surface area (Å²) in [6, 6.07) is -1.51. The van der Waals surface area contributed by atoms with E-state index in [0.717, 1.165) is 38.5 Å². The van der Waals surface area contributed by atoms with Crippen molar-refractivity contribution in [2.24, 2.45) is 17.6 Å². The summed E-state index contributed by atoms with van der Waals surface area (Å²) >= 11 is 0. The molecule has 10 nitrogen and oxygen atoms in total. The van der Waals surface area contributed by atoms with E-state index in [1.807, 2.05) is 20.8 Å². The lowest BCUT2D eigenvalue weighted by molar-refractivity contribution is -0.142. The van der Waals surface area contributed by atoms with Crippen LogP contribution in [0.25, 0.3) is 0 Å². The number of carbonyl (C=O) groups excluding carboxylic acids is 3. The number of carbonyl (C=O) groups is 3. The fraction of sp³-hybridized carbons (Fsp3) is 0.840. The zero-order valence-electron chi connectivity index (χ0n) is 22.0. The van der Waals surface area contributed by atoms with Gasteiger partial charge in [0.2, 0.25) is 11.8 Å². The lowest BCUT2D eigenvalue weighted by atomic mass is 9.81. The number of nitrogens with one attached hydrogen (secondary N) is 3. The molecule has 200 valence electrons. The van der Waals surface area contributed by atoms with Crippen LogP contribution in [0.1, 0.15) is 79.6 Å². The maximum absolute atomic E-state index is 13.5. The van der Waals surface area contributed by atoms with Gasteiger partial charge >= 0.3 is 6.09 Å². The van der Waals surface area contributed by atoms with E-state index >= 15 is 0 Å². The Bertz CT molecular complexity index is 749. The Balaban J connectivity index is 1.98. The van der Waals surface area contributed by atoms with Crippen LogP contribution in [0.5, 0.6) is 0 Å². The van der Waals surface area contributed by atoms with Crippen LogP contribution < -0.4 is 16.4 Å². The number of amidine groups is 1. The molecule has 0 aromatic carbocycles. The Hall–Kier alpha value is -2.36. The summed E-state index contributed by atoms with van der Waals surface area (Å²) in [6.45, 7) is 10.3. The van der Waals surface area contributed by atoms with Crippen LogP contribution in [0.2, 0.25) is 0 Å². The third-order valence-corrected chi connectivity index (χ3v) is 7.12. The molecule has 2 atom stereocenters. The zero-order valence-corrected chi connectivity index (χ0v) is 22.0. The first-order valence-electron chi connectivity index (χ1n) is 13.0. The molecule has 2 aliphatic rings. The highest BCUT2D eigenvalue weighted by Crippen LogP contribution is 2.28. The van der Waals surface area contributed by atoms with Crippen molar-refractivity contribution in [2.45, 2.75) is 103 Å². The number of nitrogens with two attached hydrogens (primary N) is 1. The van der Waals surface area contributed by atoms with Gasteiger partial charge in [0, 0.05) is 19.0 Å². The molecule has 5 N–H and O–H groups in total. The molecular formula is C25H45N5O5. The van der Waals surface area contributed by atoms with E-state index in [1.165, 1.54) is 0 Å². The van der Waals surface area contributed by atoms with Gasteiger partial charge in [-0.1, -0.05) is 6.92 Å². The molecule has 1 aliphatic heterocycles. The number of alkyl carbamates (subject to hydrolysis) is 1. The monoisotopic (exact) mass is 495 g/mol. The number of hydrogen-bond donors (Lipinski definition) is 4. The van der Waals surface area contributed by atoms with Gasteiger partial charge in [-0.05, 0) is 78.6 Å². The van der Waals surface area contributed by atoms with Gasteiger partial charge in [-0.25, -0.2) is 4.79 Å². The molecule has 2 fully saturated rings. The highest BCUT2D eigenvalue weighted by atomic mass is 16.6. The maximum Gasteiger partial charge on any atom is 0.408 e. The second-order valence-electron chi connectivity index (χ2n) is 10.7. The summed E-state index contributed by atoms with van der Waals surface area (Å²) in [6.07, 6.45) is 4.63. The first-order chi connectivity index (χ1) is 16.4. The van der Waals surface area contributed by atoms with E-state index in [9.17, 15) is 14.4 Å². The van der Waals surface area contributed by atoms with Crippen molar-refractivity contribution in [3.05, 3.63) is 0 Å². The fourth-order valence-electron chi connectivity index (χ4n) is 4.52. The standard InChI is InChI=1S/C25H45N5O5/c1-6-25(4,5)34-15-19(29-24(33)35-16(2)3)23(32)30-13-7-8-20(30)22(31)28-14-17-9-11-18(12-10-17)21(26)27/h16-20H,6-15H2,1-5H3,(H3,26,27)(H,28,31)(H,29,33)/t17?,18?,19-,20+/m1/s1. The molecule has 1 heterocycles. The highest BCUT2D eigenvalue weighted by Gasteiger charge is 2.39. The Morgan fingerprint density at radius 2 is 1.80 bits per heavy atom. The normalized spacial score (nSPS) is 23.6. The first kappa shape index (κ1) is 28.9. The number of hydrogen-bond acceptors (Lipinski definition) is 6. The lowest BCUT2D eigenvalue weighted by Gasteiger charge is -2.32. The first-order valence-corrected chi connectivity index (χ1v) is 13.0. The Morgan fingerprint density at radius 1 is 1.14 bits per heavy atom. The van der Waals surface area contributed by atoms with E-state index in [4.69, 9.17) is 20.6 Å². The molecule has 2 rings (SSSR count). The summed E-state index contributed by atoms with van der Waals surface area (Å²) in [5.41, 5.74) is 5.17. The molecule has 0 aromatic heterocycles. The van der Waals surface area contributed by atoms with E-state index < -0.39 is 23.8 Å². The van der Waals surface area contributed by atoms with Gasteiger partial charge in [-0.3, -0.25) is 15.0 Å². The van der Waals surface area contributed by atoms with Crippen molar-refractivity contribution in [3.8, 4) is 0 Å². The third-order valence-electron chi connectivity index (χ3n) is 7.12. The largest absolute Gasteiger partial charge is 0.447 e. The third kappa shape index (κ3) is 8.98. The number of rotatable bonds is 11. The van der Waals surface area contributed by atoms with Crippen molar-refractivity contribution in [1.29, 1.82) is 5.41 Å². The van der Waals surface area contributed by atoms with Crippen molar-refractivity contribution < 1.29 is 23.9 Å². The van der Waals surface area contributed by atoms with Crippen molar-refractivity contribution in [3.63, 3.8) is 0 Å². The molecule has 10 heteroatoms. The van der Waals surface area contributed by atoms with Crippen molar-refractivity contribution in [2.75, 3.05) is 19.7 Å². The minimum atomic E-state index is -0.942. The van der Waals surface area contributed by atoms with Gasteiger partial charge in [0.15, 0.2) is 0 Å². The van der Waals surface area contributed by atoms with Crippen LogP contribution in [0.3, 0.4) is 0 Å². The van der Waals surface area contributed by atoms with Crippen LogP contribution in [-0.4, -0.2) is 72.1 Å². The second-order valence-corrected chi connectivity index (χ2v) is 10.7. The molecule has 0 aromatic rings. The van der Waals surface area contributed by atoms with Crippen molar-refractivity contribution >= 4 is 23.7 Å². The van der Waals surface area contributed by atoms with E-state index in [0.29, 0.717) is 25.4 Å². The maximum atomic E-state index is 13.5. The zero-order chi connectivity index (χ0) is 26.2. The van der Waals surface area contributed by atoms with Crippen LogP contribution in [0.15, 0.2) is 0 Å². The Kier molecular flexibility index (Phi) is 10.8. The topological polar surface area (TPSA) is 147 Å². The van der Waals surface area contributed by atoms with Gasteiger partial charge in [-0.2, -0.15) is 0 Å². The van der Waals surface area contributed by atoms with Crippen LogP contribution >= 0.6 is 0 Å². The van der Waals surface area contributed by atoms with Crippen molar-refractivity contribution in [1.82, 2.24) is 15.5 Å². The molecule has 3 amide bonds. The fourth-order valence-corrected chi connectivity index (χ4v) is 4.52. The molecule has 0 radical (unpaired) electrons. The predicted molar refractivity (Wildman–Crippen MR) is 134 cm³/mol. The molecule has 0 bridgehead atoms. The molecule has 35 heavy (non-hydrogen) atoms. The molecule has 1 saturated carbocycles. The SMILES string of the molecule is CCC(C)(C)OC[C@@H](NC(=O)OC(C)C)C(=O)N1CCC[C@H]1C(=O)NCC1CCC(C(=N)N)CC1.